The molecule has 4 rings (SSSR count). The Balaban J connectivity index is 1.38. The molecule has 28 heavy (non-hydrogen) atoms. The van der Waals surface area contributed by atoms with Crippen molar-refractivity contribution >= 4 is 17.3 Å². The van der Waals surface area contributed by atoms with E-state index in [-0.39, 0.29) is 0 Å². The molecule has 3 aromatic rings. The summed E-state index contributed by atoms with van der Waals surface area (Å²) in [5.74, 6) is 1.57. The fraction of sp³-hybridized carbons (Fsp3) is 0.350. The maximum absolute atomic E-state index is 5.48. The Labute approximate surface area is 164 Å². The minimum Gasteiger partial charge on any atom is -0.378 e. The second-order valence-corrected chi connectivity index (χ2v) is 6.55. The molecule has 2 aromatic heterocycles. The molecule has 0 saturated carbocycles. The summed E-state index contributed by atoms with van der Waals surface area (Å²) < 4.78 is 7.44. The Kier molecular flexibility index (Phi) is 5.67. The van der Waals surface area contributed by atoms with Gasteiger partial charge in [-0.25, -0.2) is 0 Å². The number of morpholine rings is 1. The molecule has 0 amide bonds. The van der Waals surface area contributed by atoms with E-state index in [0.717, 1.165) is 43.7 Å². The van der Waals surface area contributed by atoms with E-state index in [4.69, 9.17) is 4.74 Å². The molecule has 1 aromatic carbocycles. The molecule has 8 heteroatoms. The van der Waals surface area contributed by atoms with Crippen LogP contribution in [0.5, 0.6) is 0 Å². The summed E-state index contributed by atoms with van der Waals surface area (Å²) in [5, 5.41) is 15.1. The predicted octanol–water partition coefficient (Wildman–Crippen LogP) is 1.43. The zero-order chi connectivity index (χ0) is 19.2. The Bertz CT molecular complexity index is 946. The second kappa shape index (κ2) is 8.71. The molecule has 8 nitrogen and oxygen atoms in total. The number of fused-ring (bicyclic) bond motifs is 1. The topological polar surface area (TPSA) is 79.1 Å². The number of ether oxygens (including phenoxy) is 1. The van der Waals surface area contributed by atoms with Crippen LogP contribution in [0.3, 0.4) is 0 Å². The summed E-state index contributed by atoms with van der Waals surface area (Å²) in [5.41, 5.74) is 3.32. The number of benzene rings is 1. The number of aromatic nitrogens is 3. The molecule has 1 saturated heterocycles. The molecule has 2 N–H and O–H groups in total. The third-order valence-electron chi connectivity index (χ3n) is 4.81. The molecule has 3 heterocycles. The summed E-state index contributed by atoms with van der Waals surface area (Å²) in [6, 6.07) is 14.3. The number of nitrogens with one attached hydrogen (secondary N) is 2. The number of hydrogen-bond acceptors (Lipinski definition) is 5. The number of aliphatic imine (C=N–C) groups is 1. The van der Waals surface area contributed by atoms with Crippen molar-refractivity contribution in [2.75, 3.05) is 38.3 Å². The van der Waals surface area contributed by atoms with Crippen molar-refractivity contribution in [2.24, 2.45) is 4.99 Å². The van der Waals surface area contributed by atoms with Crippen LogP contribution in [0.15, 0.2) is 53.7 Å². The highest BCUT2D eigenvalue weighted by Crippen LogP contribution is 2.21. The number of nitrogens with zero attached hydrogens (tertiary/aromatic N) is 5. The van der Waals surface area contributed by atoms with Gasteiger partial charge < -0.3 is 20.3 Å². The normalized spacial score (nSPS) is 15.0. The molecule has 0 atom stereocenters. The van der Waals surface area contributed by atoms with Gasteiger partial charge in [0, 0.05) is 38.6 Å². The zero-order valence-corrected chi connectivity index (χ0v) is 16.0. The van der Waals surface area contributed by atoms with Crippen molar-refractivity contribution in [2.45, 2.75) is 13.1 Å². The monoisotopic (exact) mass is 379 g/mol. The molecule has 0 bridgehead atoms. The number of rotatable bonds is 5. The molecule has 0 radical (unpaired) electrons. The van der Waals surface area contributed by atoms with Gasteiger partial charge in [-0.3, -0.25) is 9.39 Å². The van der Waals surface area contributed by atoms with E-state index in [1.165, 1.54) is 11.3 Å². The highest BCUT2D eigenvalue weighted by atomic mass is 16.5. The Hall–Kier alpha value is -3.13. The summed E-state index contributed by atoms with van der Waals surface area (Å²) in [6.07, 6.45) is 1.96. The van der Waals surface area contributed by atoms with Gasteiger partial charge in [-0.05, 0) is 23.8 Å². The van der Waals surface area contributed by atoms with Crippen molar-refractivity contribution < 1.29 is 4.74 Å². The van der Waals surface area contributed by atoms with E-state index < -0.39 is 0 Å². The predicted molar refractivity (Wildman–Crippen MR) is 109 cm³/mol. The first-order valence-corrected chi connectivity index (χ1v) is 9.49. The first kappa shape index (κ1) is 18.2. The van der Waals surface area contributed by atoms with Crippen LogP contribution in [0.1, 0.15) is 11.4 Å². The van der Waals surface area contributed by atoms with Gasteiger partial charge in [-0.15, -0.1) is 10.2 Å². The molecule has 0 unspecified atom stereocenters. The van der Waals surface area contributed by atoms with Crippen LogP contribution in [0.25, 0.3) is 5.65 Å². The maximum atomic E-state index is 5.48. The SMILES string of the molecule is CN=C(NCc1ccccc1N1CCOCC1)NCc1nnc2ccccn12. The standard InChI is InChI=1S/C20H25N7O/c1-21-20(23-15-19-25-24-18-8-4-5-9-27(18)19)22-14-16-6-2-3-7-17(16)26-10-12-28-13-11-26/h2-9H,10-15H2,1H3,(H2,21,22,23). The number of hydrogen-bond donors (Lipinski definition) is 2. The first-order chi connectivity index (χ1) is 13.8. The molecule has 1 fully saturated rings. The van der Waals surface area contributed by atoms with Crippen molar-refractivity contribution in [1.29, 1.82) is 0 Å². The Morgan fingerprint density at radius 3 is 2.68 bits per heavy atom. The van der Waals surface area contributed by atoms with Crippen LogP contribution in [0.4, 0.5) is 5.69 Å². The van der Waals surface area contributed by atoms with Crippen molar-refractivity contribution in [1.82, 2.24) is 25.2 Å². The third kappa shape index (κ3) is 4.07. The molecular weight excluding hydrogens is 354 g/mol. The van der Waals surface area contributed by atoms with E-state index >= 15 is 0 Å². The van der Waals surface area contributed by atoms with Crippen molar-refractivity contribution in [3.05, 3.63) is 60.0 Å². The van der Waals surface area contributed by atoms with Gasteiger partial charge in [0.05, 0.1) is 19.8 Å². The molecular formula is C20H25N7O. The van der Waals surface area contributed by atoms with E-state index in [1.54, 1.807) is 7.05 Å². The highest BCUT2D eigenvalue weighted by molar-refractivity contribution is 5.79. The van der Waals surface area contributed by atoms with Gasteiger partial charge in [0.25, 0.3) is 0 Å². The molecule has 0 spiro atoms. The molecule has 0 aliphatic carbocycles. The average Bonchev–Trinajstić information content (AvgIpc) is 3.18. The lowest BCUT2D eigenvalue weighted by molar-refractivity contribution is 0.122. The zero-order valence-electron chi connectivity index (χ0n) is 16.0. The summed E-state index contributed by atoms with van der Waals surface area (Å²) >= 11 is 0. The second-order valence-electron chi connectivity index (χ2n) is 6.55. The van der Waals surface area contributed by atoms with Crippen molar-refractivity contribution in [3.8, 4) is 0 Å². The van der Waals surface area contributed by atoms with Gasteiger partial charge in [0.2, 0.25) is 0 Å². The molecule has 146 valence electrons. The summed E-state index contributed by atoms with van der Waals surface area (Å²) in [6.45, 7) is 4.62. The third-order valence-corrected chi connectivity index (χ3v) is 4.81. The van der Waals surface area contributed by atoms with Gasteiger partial charge in [0.15, 0.2) is 17.4 Å². The Morgan fingerprint density at radius 2 is 1.82 bits per heavy atom. The average molecular weight is 379 g/mol. The van der Waals surface area contributed by atoms with Crippen LogP contribution in [0, 0.1) is 0 Å². The summed E-state index contributed by atoms with van der Waals surface area (Å²) in [4.78, 5) is 6.70. The van der Waals surface area contributed by atoms with Crippen molar-refractivity contribution in [3.63, 3.8) is 0 Å². The number of anilines is 1. The fourth-order valence-corrected chi connectivity index (χ4v) is 3.35. The lowest BCUT2D eigenvalue weighted by Crippen LogP contribution is -2.39. The summed E-state index contributed by atoms with van der Waals surface area (Å²) in [7, 11) is 1.77. The van der Waals surface area contributed by atoms with E-state index in [1.807, 2.05) is 28.8 Å². The number of para-hydroxylation sites is 1. The lowest BCUT2D eigenvalue weighted by Gasteiger charge is -2.30. The van der Waals surface area contributed by atoms with Gasteiger partial charge in [-0.1, -0.05) is 24.3 Å². The minimum atomic E-state index is 0.538. The van der Waals surface area contributed by atoms with E-state index in [2.05, 4.69) is 55.0 Å². The number of guanidine groups is 1. The van der Waals surface area contributed by atoms with Crippen LogP contribution < -0.4 is 15.5 Å². The van der Waals surface area contributed by atoms with Gasteiger partial charge in [-0.2, -0.15) is 0 Å². The molecule has 1 aliphatic rings. The van der Waals surface area contributed by atoms with Crippen LogP contribution in [0.2, 0.25) is 0 Å². The lowest BCUT2D eigenvalue weighted by atomic mass is 10.1. The van der Waals surface area contributed by atoms with Crippen LogP contribution >= 0.6 is 0 Å². The number of pyridine rings is 1. The van der Waals surface area contributed by atoms with Gasteiger partial charge >= 0.3 is 0 Å². The minimum absolute atomic E-state index is 0.538. The van der Waals surface area contributed by atoms with Crippen LogP contribution in [-0.2, 0) is 17.8 Å². The first-order valence-electron chi connectivity index (χ1n) is 9.49. The highest BCUT2D eigenvalue weighted by Gasteiger charge is 2.14. The molecule has 1 aliphatic heterocycles. The quantitative estimate of drug-likeness (QED) is 0.516. The Morgan fingerprint density at radius 1 is 1.04 bits per heavy atom. The maximum Gasteiger partial charge on any atom is 0.191 e. The van der Waals surface area contributed by atoms with E-state index in [0.29, 0.717) is 13.1 Å². The van der Waals surface area contributed by atoms with Gasteiger partial charge in [0.1, 0.15) is 0 Å². The fourth-order valence-electron chi connectivity index (χ4n) is 3.35. The largest absolute Gasteiger partial charge is 0.378 e. The smallest absolute Gasteiger partial charge is 0.191 e. The van der Waals surface area contributed by atoms with E-state index in [9.17, 15) is 0 Å². The van der Waals surface area contributed by atoms with Crippen LogP contribution in [-0.4, -0.2) is 53.9 Å².